The molecule has 6 heteroatoms. The molecule has 1 atom stereocenters. The topological polar surface area (TPSA) is 58.4 Å². The highest BCUT2D eigenvalue weighted by Gasteiger charge is 2.24. The molecular formula is C15H21F2N3O. The van der Waals surface area contributed by atoms with E-state index < -0.39 is 23.2 Å². The van der Waals surface area contributed by atoms with Crippen LogP contribution in [-0.2, 0) is 0 Å². The molecule has 116 valence electrons. The first-order chi connectivity index (χ1) is 9.88. The van der Waals surface area contributed by atoms with E-state index in [1.807, 2.05) is 0 Å². The summed E-state index contributed by atoms with van der Waals surface area (Å²) in [5, 5.41) is 2.73. The van der Waals surface area contributed by atoms with Gasteiger partial charge in [0.1, 0.15) is 17.3 Å². The van der Waals surface area contributed by atoms with Crippen LogP contribution < -0.4 is 11.1 Å². The molecule has 0 spiro atoms. The summed E-state index contributed by atoms with van der Waals surface area (Å²) in [6.45, 7) is 6.74. The number of hydrogen-bond acceptors (Lipinski definition) is 3. The standard InChI is InChI=1S/C15H21F2N3O/c1-9(2)20-4-3-10(8-20)7-19-15(21)11-5-12(16)14(18)13(17)6-11/h5-6,9-10H,3-4,7-8,18H2,1-2H3,(H,19,21). The predicted octanol–water partition coefficient (Wildman–Crippen LogP) is 2.01. The maximum atomic E-state index is 13.3. The van der Waals surface area contributed by atoms with Gasteiger partial charge in [-0.2, -0.15) is 0 Å². The molecule has 0 saturated carbocycles. The summed E-state index contributed by atoms with van der Waals surface area (Å²) < 4.78 is 26.7. The molecule has 1 aliphatic heterocycles. The molecule has 1 saturated heterocycles. The maximum Gasteiger partial charge on any atom is 0.251 e. The van der Waals surface area contributed by atoms with Crippen LogP contribution in [-0.4, -0.2) is 36.5 Å². The smallest absolute Gasteiger partial charge is 0.251 e. The number of benzene rings is 1. The Morgan fingerprint density at radius 3 is 2.57 bits per heavy atom. The maximum absolute atomic E-state index is 13.3. The lowest BCUT2D eigenvalue weighted by molar-refractivity contribution is 0.0946. The molecule has 1 aliphatic rings. The van der Waals surface area contributed by atoms with Gasteiger partial charge in [0.05, 0.1) is 0 Å². The van der Waals surface area contributed by atoms with E-state index in [1.165, 1.54) is 0 Å². The SMILES string of the molecule is CC(C)N1CCC(CNC(=O)c2cc(F)c(N)c(F)c2)C1. The Hall–Kier alpha value is -1.69. The minimum absolute atomic E-state index is 0.0436. The molecular weight excluding hydrogens is 276 g/mol. The second kappa shape index (κ2) is 6.39. The molecule has 1 amide bonds. The Morgan fingerprint density at radius 2 is 2.05 bits per heavy atom. The van der Waals surface area contributed by atoms with E-state index in [2.05, 4.69) is 24.1 Å². The van der Waals surface area contributed by atoms with E-state index in [1.54, 1.807) is 0 Å². The molecule has 1 unspecified atom stereocenters. The Kier molecular flexibility index (Phi) is 4.77. The molecule has 1 aromatic carbocycles. The van der Waals surface area contributed by atoms with Crippen molar-refractivity contribution in [2.45, 2.75) is 26.3 Å². The highest BCUT2D eigenvalue weighted by Crippen LogP contribution is 2.19. The summed E-state index contributed by atoms with van der Waals surface area (Å²) in [6.07, 6.45) is 1.02. The number of hydrogen-bond donors (Lipinski definition) is 2. The lowest BCUT2D eigenvalue weighted by atomic mass is 10.1. The van der Waals surface area contributed by atoms with Gasteiger partial charge in [0.25, 0.3) is 5.91 Å². The summed E-state index contributed by atoms with van der Waals surface area (Å²) in [6, 6.07) is 2.41. The molecule has 0 aliphatic carbocycles. The quantitative estimate of drug-likeness (QED) is 0.836. The number of nitrogens with two attached hydrogens (primary N) is 1. The van der Waals surface area contributed by atoms with Crippen molar-refractivity contribution in [2.24, 2.45) is 5.92 Å². The van der Waals surface area contributed by atoms with Gasteiger partial charge in [-0.25, -0.2) is 8.78 Å². The summed E-state index contributed by atoms with van der Waals surface area (Å²) in [5.74, 6) is -1.92. The van der Waals surface area contributed by atoms with E-state index in [-0.39, 0.29) is 5.56 Å². The van der Waals surface area contributed by atoms with Gasteiger partial charge in [-0.15, -0.1) is 0 Å². The molecule has 3 N–H and O–H groups in total. The number of nitrogen functional groups attached to an aromatic ring is 1. The third kappa shape index (κ3) is 3.69. The first-order valence-corrected chi connectivity index (χ1v) is 7.15. The van der Waals surface area contributed by atoms with Gasteiger partial charge in [-0.1, -0.05) is 0 Å². The van der Waals surface area contributed by atoms with Crippen molar-refractivity contribution < 1.29 is 13.6 Å². The molecule has 1 heterocycles. The number of anilines is 1. The largest absolute Gasteiger partial charge is 0.394 e. The van der Waals surface area contributed by atoms with Crippen LogP contribution in [0.2, 0.25) is 0 Å². The summed E-state index contributed by atoms with van der Waals surface area (Å²) in [5.41, 5.74) is 4.58. The molecule has 0 bridgehead atoms. The number of likely N-dealkylation sites (tertiary alicyclic amines) is 1. The molecule has 0 radical (unpaired) electrons. The van der Waals surface area contributed by atoms with Crippen molar-refractivity contribution in [3.8, 4) is 0 Å². The third-order valence-corrected chi connectivity index (χ3v) is 3.94. The van der Waals surface area contributed by atoms with Gasteiger partial charge in [0.15, 0.2) is 0 Å². The van der Waals surface area contributed by atoms with Crippen LogP contribution in [0, 0.1) is 17.6 Å². The van der Waals surface area contributed by atoms with Gasteiger partial charge < -0.3 is 16.0 Å². The third-order valence-electron chi connectivity index (χ3n) is 3.94. The first-order valence-electron chi connectivity index (χ1n) is 7.15. The van der Waals surface area contributed by atoms with Crippen molar-refractivity contribution in [3.63, 3.8) is 0 Å². The summed E-state index contributed by atoms with van der Waals surface area (Å²) in [7, 11) is 0. The number of rotatable bonds is 4. The number of nitrogens with zero attached hydrogens (tertiary/aromatic N) is 1. The van der Waals surface area contributed by atoms with Crippen molar-refractivity contribution in [1.29, 1.82) is 0 Å². The molecule has 2 rings (SSSR count). The zero-order valence-electron chi connectivity index (χ0n) is 12.3. The zero-order valence-corrected chi connectivity index (χ0v) is 12.3. The van der Waals surface area contributed by atoms with E-state index in [0.29, 0.717) is 18.5 Å². The average Bonchev–Trinajstić information content (AvgIpc) is 2.90. The fourth-order valence-electron chi connectivity index (χ4n) is 2.55. The number of carbonyl (C=O) groups excluding carboxylic acids is 1. The Morgan fingerprint density at radius 1 is 1.43 bits per heavy atom. The van der Waals surface area contributed by atoms with Gasteiger partial charge in [-0.3, -0.25) is 4.79 Å². The van der Waals surface area contributed by atoms with Gasteiger partial charge >= 0.3 is 0 Å². The van der Waals surface area contributed by atoms with Crippen molar-refractivity contribution in [2.75, 3.05) is 25.4 Å². The number of halogens is 2. The minimum atomic E-state index is -0.910. The number of nitrogens with one attached hydrogen (secondary N) is 1. The van der Waals surface area contributed by atoms with Crippen LogP contribution in [0.25, 0.3) is 0 Å². The fourth-order valence-corrected chi connectivity index (χ4v) is 2.55. The average molecular weight is 297 g/mol. The lowest BCUT2D eigenvalue weighted by Crippen LogP contribution is -2.33. The second-order valence-corrected chi connectivity index (χ2v) is 5.81. The summed E-state index contributed by atoms with van der Waals surface area (Å²) in [4.78, 5) is 14.3. The molecule has 0 aromatic heterocycles. The fraction of sp³-hybridized carbons (Fsp3) is 0.533. The summed E-state index contributed by atoms with van der Waals surface area (Å²) >= 11 is 0. The van der Waals surface area contributed by atoms with E-state index in [0.717, 1.165) is 31.6 Å². The van der Waals surface area contributed by atoms with E-state index in [9.17, 15) is 13.6 Å². The van der Waals surface area contributed by atoms with E-state index in [4.69, 9.17) is 5.73 Å². The lowest BCUT2D eigenvalue weighted by Gasteiger charge is -2.20. The molecule has 4 nitrogen and oxygen atoms in total. The van der Waals surface area contributed by atoms with Crippen LogP contribution in [0.15, 0.2) is 12.1 Å². The Balaban J connectivity index is 1.91. The highest BCUT2D eigenvalue weighted by atomic mass is 19.1. The Labute approximate surface area is 123 Å². The Bertz CT molecular complexity index is 511. The molecule has 21 heavy (non-hydrogen) atoms. The van der Waals surface area contributed by atoms with Gasteiger partial charge in [0, 0.05) is 24.7 Å². The van der Waals surface area contributed by atoms with Crippen molar-refractivity contribution >= 4 is 11.6 Å². The minimum Gasteiger partial charge on any atom is -0.394 e. The normalized spacial score (nSPS) is 19.2. The van der Waals surface area contributed by atoms with Crippen molar-refractivity contribution in [3.05, 3.63) is 29.3 Å². The van der Waals surface area contributed by atoms with E-state index >= 15 is 0 Å². The van der Waals surface area contributed by atoms with Crippen LogP contribution in [0.3, 0.4) is 0 Å². The highest BCUT2D eigenvalue weighted by molar-refractivity contribution is 5.94. The number of carbonyl (C=O) groups is 1. The van der Waals surface area contributed by atoms with Crippen LogP contribution in [0.4, 0.5) is 14.5 Å². The molecule has 1 fully saturated rings. The van der Waals surface area contributed by atoms with Crippen LogP contribution in [0.5, 0.6) is 0 Å². The first kappa shape index (κ1) is 15.7. The molecule has 1 aromatic rings. The predicted molar refractivity (Wildman–Crippen MR) is 77.9 cm³/mol. The zero-order chi connectivity index (χ0) is 15.6. The second-order valence-electron chi connectivity index (χ2n) is 5.81. The number of amides is 1. The monoisotopic (exact) mass is 297 g/mol. The van der Waals surface area contributed by atoms with Crippen LogP contribution >= 0.6 is 0 Å². The van der Waals surface area contributed by atoms with Gasteiger partial charge in [-0.05, 0) is 44.9 Å². The van der Waals surface area contributed by atoms with Crippen molar-refractivity contribution in [1.82, 2.24) is 10.2 Å². The van der Waals surface area contributed by atoms with Crippen LogP contribution in [0.1, 0.15) is 30.6 Å². The van der Waals surface area contributed by atoms with Gasteiger partial charge in [0.2, 0.25) is 0 Å².